The van der Waals surface area contributed by atoms with Crippen LogP contribution in [0.4, 0.5) is 0 Å². The second-order valence-corrected chi connectivity index (χ2v) is 7.93. The van der Waals surface area contributed by atoms with Crippen molar-refractivity contribution in [2.24, 2.45) is 5.73 Å². The first-order chi connectivity index (χ1) is 8.04. The Morgan fingerprint density at radius 3 is 2.21 bits per heavy atom. The van der Waals surface area contributed by atoms with E-state index in [0.29, 0.717) is 11.3 Å². The minimum atomic E-state index is -3.54. The zero-order valence-electron chi connectivity index (χ0n) is 11.4. The van der Waals surface area contributed by atoms with E-state index < -0.39 is 10.1 Å². The van der Waals surface area contributed by atoms with Crippen LogP contribution in [-0.4, -0.2) is 14.7 Å². The molecule has 0 radical (unpaired) electrons. The summed E-state index contributed by atoms with van der Waals surface area (Å²) in [5.41, 5.74) is 7.46. The van der Waals surface area contributed by atoms with Crippen molar-refractivity contribution in [2.45, 2.75) is 32.7 Å². The highest BCUT2D eigenvalue weighted by atomic mass is 127. The second kappa shape index (κ2) is 6.60. The minimum absolute atomic E-state index is 0. The third kappa shape index (κ3) is 5.45. The van der Waals surface area contributed by atoms with Crippen LogP contribution in [0.2, 0.25) is 0 Å². The molecule has 0 saturated carbocycles. The molecule has 0 amide bonds. The van der Waals surface area contributed by atoms with E-state index in [2.05, 4.69) is 43.4 Å². The van der Waals surface area contributed by atoms with Crippen molar-refractivity contribution in [1.29, 1.82) is 0 Å². The summed E-state index contributed by atoms with van der Waals surface area (Å²) in [4.78, 5) is 0. The van der Waals surface area contributed by atoms with Crippen LogP contribution in [0.3, 0.4) is 0 Å². The third-order valence-electron chi connectivity index (χ3n) is 2.44. The maximum atomic E-state index is 11.2. The summed E-state index contributed by atoms with van der Waals surface area (Å²) in [5, 5.41) is 0. The first kappa shape index (κ1) is 18.9. The van der Waals surface area contributed by atoms with E-state index in [0.717, 1.165) is 15.4 Å². The van der Waals surface area contributed by atoms with Crippen molar-refractivity contribution in [3.8, 4) is 5.75 Å². The van der Waals surface area contributed by atoms with Crippen molar-refractivity contribution in [2.75, 3.05) is 6.26 Å². The third-order valence-corrected chi connectivity index (χ3v) is 3.71. The Balaban J connectivity index is 0.00000324. The molecule has 0 atom stereocenters. The van der Waals surface area contributed by atoms with Crippen LogP contribution in [0.1, 0.15) is 31.9 Å². The molecule has 0 bridgehead atoms. The molecule has 0 unspecified atom stereocenters. The van der Waals surface area contributed by atoms with Gasteiger partial charge in [0.25, 0.3) is 0 Å². The highest BCUT2D eigenvalue weighted by Gasteiger charge is 2.20. The van der Waals surface area contributed by atoms with Crippen LogP contribution in [0.15, 0.2) is 12.1 Å². The molecule has 0 aliphatic rings. The molecular formula is C12H19ClINO3S. The largest absolute Gasteiger partial charge is 0.381 e. The van der Waals surface area contributed by atoms with Gasteiger partial charge >= 0.3 is 10.1 Å². The summed E-state index contributed by atoms with van der Waals surface area (Å²) >= 11 is 2.07. The molecule has 110 valence electrons. The van der Waals surface area contributed by atoms with Crippen molar-refractivity contribution in [3.05, 3.63) is 26.8 Å². The fourth-order valence-electron chi connectivity index (χ4n) is 1.48. The van der Waals surface area contributed by atoms with E-state index >= 15 is 0 Å². The lowest BCUT2D eigenvalue weighted by Crippen LogP contribution is -2.15. The first-order valence-corrected chi connectivity index (χ1v) is 8.36. The number of halogens is 2. The number of hydrogen-bond acceptors (Lipinski definition) is 4. The van der Waals surface area contributed by atoms with Gasteiger partial charge in [-0.15, -0.1) is 12.4 Å². The monoisotopic (exact) mass is 419 g/mol. The van der Waals surface area contributed by atoms with Gasteiger partial charge in [0.1, 0.15) is 0 Å². The molecule has 0 fully saturated rings. The Bertz CT molecular complexity index is 553. The molecule has 0 aromatic heterocycles. The zero-order valence-corrected chi connectivity index (χ0v) is 15.1. The lowest BCUT2D eigenvalue weighted by atomic mass is 9.86. The van der Waals surface area contributed by atoms with E-state index in [-0.39, 0.29) is 24.4 Å². The quantitative estimate of drug-likeness (QED) is 0.604. The summed E-state index contributed by atoms with van der Waals surface area (Å²) in [6.45, 7) is 6.52. The van der Waals surface area contributed by atoms with Gasteiger partial charge in [-0.25, -0.2) is 0 Å². The summed E-state index contributed by atoms with van der Waals surface area (Å²) in [6.07, 6.45) is 1.03. The van der Waals surface area contributed by atoms with Crippen molar-refractivity contribution < 1.29 is 12.6 Å². The molecule has 0 aliphatic heterocycles. The van der Waals surface area contributed by atoms with Gasteiger partial charge in [0.05, 0.1) is 9.83 Å². The topological polar surface area (TPSA) is 69.4 Å². The fourth-order valence-corrected chi connectivity index (χ4v) is 2.92. The average molecular weight is 420 g/mol. The van der Waals surface area contributed by atoms with Gasteiger partial charge in [-0.3, -0.25) is 0 Å². The molecule has 0 spiro atoms. The molecule has 1 rings (SSSR count). The molecular weight excluding hydrogens is 401 g/mol. The van der Waals surface area contributed by atoms with Crippen LogP contribution in [-0.2, 0) is 22.1 Å². The Hall–Kier alpha value is -0.0500. The predicted octanol–water partition coefficient (Wildman–Crippen LogP) is 2.81. The van der Waals surface area contributed by atoms with Crippen molar-refractivity contribution in [3.63, 3.8) is 0 Å². The van der Waals surface area contributed by atoms with Gasteiger partial charge in [0.15, 0.2) is 5.75 Å². The molecule has 7 heteroatoms. The SMILES string of the molecule is CC(C)(C)c1cc(I)c(OS(C)(=O)=O)c(CN)c1.Cl. The van der Waals surface area contributed by atoms with Crippen LogP contribution < -0.4 is 9.92 Å². The fraction of sp³-hybridized carbons (Fsp3) is 0.500. The van der Waals surface area contributed by atoms with Crippen LogP contribution in [0.25, 0.3) is 0 Å². The number of hydrogen-bond donors (Lipinski definition) is 1. The zero-order chi connectivity index (χ0) is 14.1. The summed E-state index contributed by atoms with van der Waals surface area (Å²) < 4.78 is 28.2. The summed E-state index contributed by atoms with van der Waals surface area (Å²) in [5.74, 6) is 0.341. The van der Waals surface area contributed by atoms with Gasteiger partial charge in [-0.2, -0.15) is 8.42 Å². The van der Waals surface area contributed by atoms with E-state index in [4.69, 9.17) is 9.92 Å². The molecule has 0 saturated heterocycles. The van der Waals surface area contributed by atoms with Crippen molar-refractivity contribution >= 4 is 45.1 Å². The highest BCUT2D eigenvalue weighted by Crippen LogP contribution is 2.33. The lowest BCUT2D eigenvalue weighted by Gasteiger charge is -2.22. The molecule has 1 aromatic rings. The number of rotatable bonds is 3. The first-order valence-electron chi connectivity index (χ1n) is 5.47. The normalized spacial score (nSPS) is 11.9. The summed E-state index contributed by atoms with van der Waals surface area (Å²) in [7, 11) is -3.54. The summed E-state index contributed by atoms with van der Waals surface area (Å²) in [6, 6.07) is 3.84. The van der Waals surface area contributed by atoms with Crippen LogP contribution in [0, 0.1) is 3.57 Å². The van der Waals surface area contributed by atoms with E-state index in [1.807, 2.05) is 12.1 Å². The Labute approximate surface area is 134 Å². The Morgan fingerprint density at radius 2 is 1.84 bits per heavy atom. The maximum Gasteiger partial charge on any atom is 0.306 e. The standard InChI is InChI=1S/C12H18INO3S.ClH/c1-12(2,3)9-5-8(7-14)11(10(13)6-9)17-18(4,15)16;/h5-6H,7,14H2,1-4H3;1H. The number of nitrogens with two attached hydrogens (primary N) is 1. The molecule has 0 aliphatic carbocycles. The predicted molar refractivity (Wildman–Crippen MR) is 88.5 cm³/mol. The van der Waals surface area contributed by atoms with Gasteiger partial charge in [-0.05, 0) is 39.6 Å². The smallest absolute Gasteiger partial charge is 0.306 e. The van der Waals surface area contributed by atoms with Gasteiger partial charge < -0.3 is 9.92 Å². The van der Waals surface area contributed by atoms with E-state index in [1.54, 1.807) is 0 Å². The lowest BCUT2D eigenvalue weighted by molar-refractivity contribution is 0.487. The van der Waals surface area contributed by atoms with Crippen LogP contribution in [0.5, 0.6) is 5.75 Å². The maximum absolute atomic E-state index is 11.2. The number of benzene rings is 1. The van der Waals surface area contributed by atoms with Crippen LogP contribution >= 0.6 is 35.0 Å². The van der Waals surface area contributed by atoms with Gasteiger partial charge in [0.2, 0.25) is 0 Å². The van der Waals surface area contributed by atoms with E-state index in [1.165, 1.54) is 0 Å². The Morgan fingerprint density at radius 1 is 1.32 bits per heavy atom. The molecule has 19 heavy (non-hydrogen) atoms. The minimum Gasteiger partial charge on any atom is -0.381 e. The molecule has 1 aromatic carbocycles. The van der Waals surface area contributed by atoms with Crippen molar-refractivity contribution in [1.82, 2.24) is 0 Å². The average Bonchev–Trinajstić information content (AvgIpc) is 2.17. The van der Waals surface area contributed by atoms with Gasteiger partial charge in [0, 0.05) is 12.1 Å². The molecule has 2 N–H and O–H groups in total. The van der Waals surface area contributed by atoms with Gasteiger partial charge in [-0.1, -0.05) is 26.8 Å². The molecule has 4 nitrogen and oxygen atoms in total. The molecule has 0 heterocycles. The second-order valence-electron chi connectivity index (χ2n) is 5.19. The highest BCUT2D eigenvalue weighted by molar-refractivity contribution is 14.1. The Kier molecular flexibility index (Phi) is 6.58. The van der Waals surface area contributed by atoms with E-state index in [9.17, 15) is 8.42 Å².